The Morgan fingerprint density at radius 1 is 1.50 bits per heavy atom. The molecule has 0 fully saturated rings. The van der Waals surface area contributed by atoms with Gasteiger partial charge in [-0.05, 0) is 0 Å². The Kier molecular flexibility index (Phi) is 3.96. The van der Waals surface area contributed by atoms with E-state index in [1.54, 1.807) is 0 Å². The standard InChI is InChI=1S/C9H9F3N2O4/c10-9(11,12)18-6-3-14-5(2-13)8(17)4(6)1-7(15)16/h3,17H,1-2,13H2,(H,15,16). The highest BCUT2D eigenvalue weighted by molar-refractivity contribution is 5.73. The molecule has 9 heteroatoms. The first-order valence-electron chi connectivity index (χ1n) is 4.62. The van der Waals surface area contributed by atoms with E-state index in [-0.39, 0.29) is 12.2 Å². The molecule has 0 aliphatic rings. The number of carboxylic acids is 1. The molecule has 0 aromatic carbocycles. The number of pyridine rings is 1. The van der Waals surface area contributed by atoms with Crippen molar-refractivity contribution in [1.29, 1.82) is 0 Å². The molecular weight excluding hydrogens is 257 g/mol. The maximum Gasteiger partial charge on any atom is 0.573 e. The van der Waals surface area contributed by atoms with Gasteiger partial charge in [0.2, 0.25) is 0 Å². The monoisotopic (exact) mass is 266 g/mol. The van der Waals surface area contributed by atoms with Crippen molar-refractivity contribution in [2.75, 3.05) is 0 Å². The number of aromatic hydroxyl groups is 1. The van der Waals surface area contributed by atoms with Crippen molar-refractivity contribution in [2.45, 2.75) is 19.3 Å². The van der Waals surface area contributed by atoms with Gasteiger partial charge in [0, 0.05) is 6.54 Å². The molecule has 0 aliphatic carbocycles. The van der Waals surface area contributed by atoms with Crippen LogP contribution in [0.25, 0.3) is 0 Å². The summed E-state index contributed by atoms with van der Waals surface area (Å²) in [7, 11) is 0. The Bertz CT molecular complexity index is 462. The van der Waals surface area contributed by atoms with E-state index in [4.69, 9.17) is 10.8 Å². The van der Waals surface area contributed by atoms with Gasteiger partial charge in [0.05, 0.1) is 23.9 Å². The summed E-state index contributed by atoms with van der Waals surface area (Å²) in [4.78, 5) is 14.0. The highest BCUT2D eigenvalue weighted by Gasteiger charge is 2.33. The lowest BCUT2D eigenvalue weighted by atomic mass is 10.1. The number of alkyl halides is 3. The van der Waals surface area contributed by atoms with Crippen LogP contribution in [0.15, 0.2) is 6.20 Å². The number of aromatic nitrogens is 1. The number of ether oxygens (including phenoxy) is 1. The van der Waals surface area contributed by atoms with Gasteiger partial charge in [0.15, 0.2) is 5.75 Å². The molecule has 1 aromatic heterocycles. The van der Waals surface area contributed by atoms with Gasteiger partial charge in [-0.25, -0.2) is 0 Å². The van der Waals surface area contributed by atoms with E-state index in [0.717, 1.165) is 0 Å². The van der Waals surface area contributed by atoms with Crippen LogP contribution in [0.5, 0.6) is 11.5 Å². The first kappa shape index (κ1) is 14.0. The van der Waals surface area contributed by atoms with Crippen LogP contribution >= 0.6 is 0 Å². The number of hydrogen-bond acceptors (Lipinski definition) is 5. The van der Waals surface area contributed by atoms with E-state index < -0.39 is 35.8 Å². The number of carboxylic acid groups (broad SMARTS) is 1. The van der Waals surface area contributed by atoms with Crippen LogP contribution in [-0.2, 0) is 17.8 Å². The number of nitrogens with two attached hydrogens (primary N) is 1. The van der Waals surface area contributed by atoms with Gasteiger partial charge in [0.1, 0.15) is 5.75 Å². The third kappa shape index (κ3) is 3.48. The van der Waals surface area contributed by atoms with E-state index in [0.29, 0.717) is 6.20 Å². The van der Waals surface area contributed by atoms with Crippen molar-refractivity contribution in [1.82, 2.24) is 4.98 Å². The van der Waals surface area contributed by atoms with Crippen molar-refractivity contribution in [3.05, 3.63) is 17.5 Å². The minimum atomic E-state index is -5.01. The number of halogens is 3. The fourth-order valence-corrected chi connectivity index (χ4v) is 1.25. The second-order valence-corrected chi connectivity index (χ2v) is 3.22. The molecule has 0 radical (unpaired) electrons. The Labute approximate surface area is 98.8 Å². The smallest absolute Gasteiger partial charge is 0.506 e. The molecule has 0 atom stereocenters. The van der Waals surface area contributed by atoms with Crippen LogP contribution in [0, 0.1) is 0 Å². The first-order chi connectivity index (χ1) is 8.24. The maximum absolute atomic E-state index is 12.1. The molecule has 1 rings (SSSR count). The molecule has 0 spiro atoms. The largest absolute Gasteiger partial charge is 0.573 e. The van der Waals surface area contributed by atoms with Gasteiger partial charge in [0.25, 0.3) is 0 Å². The molecule has 6 nitrogen and oxygen atoms in total. The second kappa shape index (κ2) is 5.08. The lowest BCUT2D eigenvalue weighted by Gasteiger charge is -2.14. The third-order valence-electron chi connectivity index (χ3n) is 1.94. The molecule has 4 N–H and O–H groups in total. The predicted molar refractivity (Wildman–Crippen MR) is 51.8 cm³/mol. The van der Waals surface area contributed by atoms with Crippen LogP contribution < -0.4 is 10.5 Å². The van der Waals surface area contributed by atoms with Gasteiger partial charge >= 0.3 is 12.3 Å². The summed E-state index contributed by atoms with van der Waals surface area (Å²) < 4.78 is 39.8. The Morgan fingerprint density at radius 2 is 2.11 bits per heavy atom. The molecule has 0 unspecified atom stereocenters. The van der Waals surface area contributed by atoms with E-state index in [9.17, 15) is 23.1 Å². The zero-order valence-corrected chi connectivity index (χ0v) is 8.86. The summed E-state index contributed by atoms with van der Waals surface area (Å²) in [6.07, 6.45) is -5.17. The lowest BCUT2D eigenvalue weighted by Crippen LogP contribution is -2.19. The summed E-state index contributed by atoms with van der Waals surface area (Å²) in [6.45, 7) is -0.245. The van der Waals surface area contributed by atoms with Crippen LogP contribution in [0.1, 0.15) is 11.3 Å². The fourth-order valence-electron chi connectivity index (χ4n) is 1.25. The van der Waals surface area contributed by atoms with Crippen molar-refractivity contribution in [2.24, 2.45) is 5.73 Å². The summed E-state index contributed by atoms with van der Waals surface area (Å²) in [6, 6.07) is 0. The SMILES string of the molecule is NCc1ncc(OC(F)(F)F)c(CC(=O)O)c1O. The van der Waals surface area contributed by atoms with Gasteiger partial charge in [-0.1, -0.05) is 0 Å². The summed E-state index contributed by atoms with van der Waals surface area (Å²) in [5.74, 6) is -2.99. The summed E-state index contributed by atoms with van der Waals surface area (Å²) in [5.41, 5.74) is 4.57. The average Bonchev–Trinajstić information content (AvgIpc) is 2.21. The zero-order valence-electron chi connectivity index (χ0n) is 8.86. The minimum absolute atomic E-state index is 0.110. The molecule has 0 saturated carbocycles. The first-order valence-corrected chi connectivity index (χ1v) is 4.62. The number of hydrogen-bond donors (Lipinski definition) is 3. The molecule has 100 valence electrons. The Hall–Kier alpha value is -2.03. The zero-order chi connectivity index (χ0) is 13.9. The molecular formula is C9H9F3N2O4. The van der Waals surface area contributed by atoms with E-state index in [1.165, 1.54) is 0 Å². The van der Waals surface area contributed by atoms with E-state index in [2.05, 4.69) is 9.72 Å². The molecule has 18 heavy (non-hydrogen) atoms. The molecule has 1 aromatic rings. The van der Waals surface area contributed by atoms with Gasteiger partial charge in [-0.2, -0.15) is 0 Å². The highest BCUT2D eigenvalue weighted by Crippen LogP contribution is 2.33. The van der Waals surface area contributed by atoms with E-state index in [1.807, 2.05) is 0 Å². The van der Waals surface area contributed by atoms with Crippen molar-refractivity contribution in [3.63, 3.8) is 0 Å². The van der Waals surface area contributed by atoms with Gasteiger partial charge < -0.3 is 20.7 Å². The maximum atomic E-state index is 12.1. The van der Waals surface area contributed by atoms with Gasteiger partial charge in [-0.15, -0.1) is 13.2 Å². The summed E-state index contributed by atoms with van der Waals surface area (Å²) in [5, 5.41) is 18.1. The number of aliphatic carboxylic acids is 1. The van der Waals surface area contributed by atoms with Crippen LogP contribution in [0.4, 0.5) is 13.2 Å². The fraction of sp³-hybridized carbons (Fsp3) is 0.333. The van der Waals surface area contributed by atoms with Crippen LogP contribution in [0.3, 0.4) is 0 Å². The minimum Gasteiger partial charge on any atom is -0.506 e. The topological polar surface area (TPSA) is 106 Å². The molecule has 0 bridgehead atoms. The number of nitrogens with zero attached hydrogens (tertiary/aromatic N) is 1. The second-order valence-electron chi connectivity index (χ2n) is 3.22. The molecule has 0 aliphatic heterocycles. The normalized spacial score (nSPS) is 11.3. The van der Waals surface area contributed by atoms with E-state index >= 15 is 0 Å². The number of rotatable bonds is 4. The molecule has 0 amide bonds. The van der Waals surface area contributed by atoms with Crippen LogP contribution in [-0.4, -0.2) is 27.5 Å². The van der Waals surface area contributed by atoms with Crippen molar-refractivity contribution >= 4 is 5.97 Å². The Balaban J connectivity index is 3.24. The molecule has 0 saturated heterocycles. The third-order valence-corrected chi connectivity index (χ3v) is 1.94. The molecule has 1 heterocycles. The average molecular weight is 266 g/mol. The predicted octanol–water partition coefficient (Wildman–Crippen LogP) is 0.772. The quantitative estimate of drug-likeness (QED) is 0.743. The van der Waals surface area contributed by atoms with Crippen molar-refractivity contribution < 1.29 is 32.9 Å². The Morgan fingerprint density at radius 3 is 2.56 bits per heavy atom. The highest BCUT2D eigenvalue weighted by atomic mass is 19.4. The summed E-state index contributed by atoms with van der Waals surface area (Å²) >= 11 is 0. The number of carbonyl (C=O) groups is 1. The van der Waals surface area contributed by atoms with Crippen LogP contribution in [0.2, 0.25) is 0 Å². The van der Waals surface area contributed by atoms with Crippen molar-refractivity contribution in [3.8, 4) is 11.5 Å². The lowest BCUT2D eigenvalue weighted by molar-refractivity contribution is -0.275. The van der Waals surface area contributed by atoms with Gasteiger partial charge in [-0.3, -0.25) is 9.78 Å².